The van der Waals surface area contributed by atoms with Gasteiger partial charge in [-0.3, -0.25) is 4.79 Å². The zero-order valence-corrected chi connectivity index (χ0v) is 12.9. The minimum atomic E-state index is -3.15. The van der Waals surface area contributed by atoms with Crippen LogP contribution < -0.4 is 10.0 Å². The lowest BCUT2D eigenvalue weighted by atomic mass is 10.2. The first kappa shape index (κ1) is 15.4. The Balaban J connectivity index is 2.33. The first-order valence-electron chi connectivity index (χ1n) is 5.37. The fraction of sp³-hybridized carbons (Fsp3) is 0.364. The predicted octanol–water partition coefficient (Wildman–Crippen LogP) is 0.960. The Morgan fingerprint density at radius 3 is 2.56 bits per heavy atom. The molecule has 1 aromatic carbocycles. The number of rotatable bonds is 6. The van der Waals surface area contributed by atoms with E-state index in [-0.39, 0.29) is 5.91 Å². The van der Waals surface area contributed by atoms with Gasteiger partial charge < -0.3 is 5.32 Å². The Labute approximate surface area is 121 Å². The smallest absolute Gasteiger partial charge is 0.252 e. The van der Waals surface area contributed by atoms with E-state index in [1.54, 1.807) is 6.07 Å². The highest BCUT2D eigenvalue weighted by molar-refractivity contribution is 14.1. The van der Waals surface area contributed by atoms with Gasteiger partial charge in [-0.05, 0) is 41.1 Å². The van der Waals surface area contributed by atoms with Crippen molar-refractivity contribution in [1.82, 2.24) is 10.0 Å². The molecule has 0 bridgehead atoms. The van der Waals surface area contributed by atoms with Crippen LogP contribution in [0.15, 0.2) is 24.3 Å². The maximum absolute atomic E-state index is 11.8. The number of nitrogens with one attached hydrogen (secondary N) is 2. The van der Waals surface area contributed by atoms with E-state index < -0.39 is 10.0 Å². The normalized spacial score (nSPS) is 11.2. The molecule has 0 radical (unpaired) electrons. The zero-order chi connectivity index (χ0) is 13.6. The van der Waals surface area contributed by atoms with Crippen LogP contribution in [0, 0.1) is 3.57 Å². The molecule has 5 nitrogen and oxygen atoms in total. The fourth-order valence-electron chi connectivity index (χ4n) is 1.29. The number of hydrogen-bond acceptors (Lipinski definition) is 3. The summed E-state index contributed by atoms with van der Waals surface area (Å²) in [7, 11) is -3.15. The van der Waals surface area contributed by atoms with Gasteiger partial charge in [0.25, 0.3) is 5.91 Å². The summed E-state index contributed by atoms with van der Waals surface area (Å²) in [6.45, 7) is 0.761. The molecule has 0 saturated carbocycles. The second kappa shape index (κ2) is 7.05. The van der Waals surface area contributed by atoms with Crippen LogP contribution in [-0.4, -0.2) is 33.7 Å². The molecule has 0 fully saturated rings. The molecule has 0 aliphatic carbocycles. The number of hydrogen-bond donors (Lipinski definition) is 2. The van der Waals surface area contributed by atoms with Gasteiger partial charge in [0.1, 0.15) is 0 Å². The van der Waals surface area contributed by atoms with Crippen LogP contribution in [-0.2, 0) is 10.0 Å². The quantitative estimate of drug-likeness (QED) is 0.569. The number of carbonyl (C=O) groups excluding carboxylic acids is 1. The molecule has 0 atom stereocenters. The molecule has 0 spiro atoms. The van der Waals surface area contributed by atoms with E-state index in [2.05, 4.69) is 32.6 Å². The van der Waals surface area contributed by atoms with Crippen molar-refractivity contribution < 1.29 is 13.2 Å². The second-order valence-corrected chi connectivity index (χ2v) is 6.75. The number of sulfonamides is 1. The molecule has 0 aliphatic rings. The highest BCUT2D eigenvalue weighted by Gasteiger charge is 2.07. The molecular formula is C11H15IN2O3S. The van der Waals surface area contributed by atoms with Gasteiger partial charge >= 0.3 is 0 Å². The Hall–Kier alpha value is -0.670. The molecule has 0 heterocycles. The van der Waals surface area contributed by atoms with Crippen molar-refractivity contribution in [3.05, 3.63) is 33.4 Å². The van der Waals surface area contributed by atoms with E-state index in [4.69, 9.17) is 0 Å². The molecule has 1 aromatic rings. The largest absolute Gasteiger partial charge is 0.352 e. The zero-order valence-electron chi connectivity index (χ0n) is 9.94. The van der Waals surface area contributed by atoms with E-state index >= 15 is 0 Å². The molecule has 18 heavy (non-hydrogen) atoms. The van der Waals surface area contributed by atoms with Crippen molar-refractivity contribution in [2.45, 2.75) is 6.42 Å². The predicted molar refractivity (Wildman–Crippen MR) is 79.0 cm³/mol. The highest BCUT2D eigenvalue weighted by Crippen LogP contribution is 2.10. The van der Waals surface area contributed by atoms with Crippen molar-refractivity contribution in [3.8, 4) is 0 Å². The highest BCUT2D eigenvalue weighted by atomic mass is 127. The number of carbonyl (C=O) groups is 1. The van der Waals surface area contributed by atoms with Gasteiger partial charge in [-0.2, -0.15) is 0 Å². The van der Waals surface area contributed by atoms with Gasteiger partial charge in [0.15, 0.2) is 0 Å². The average Bonchev–Trinajstić information content (AvgIpc) is 2.27. The minimum absolute atomic E-state index is 0.139. The topological polar surface area (TPSA) is 75.3 Å². The molecule has 1 rings (SSSR count). The summed E-state index contributed by atoms with van der Waals surface area (Å²) in [5, 5.41) is 2.75. The molecule has 0 aliphatic heterocycles. The van der Waals surface area contributed by atoms with Crippen molar-refractivity contribution in [1.29, 1.82) is 0 Å². The lowest BCUT2D eigenvalue weighted by Crippen LogP contribution is -2.29. The lowest BCUT2D eigenvalue weighted by molar-refractivity contribution is 0.0952. The van der Waals surface area contributed by atoms with Gasteiger partial charge in [-0.15, -0.1) is 0 Å². The van der Waals surface area contributed by atoms with Crippen molar-refractivity contribution in [3.63, 3.8) is 0 Å². The Morgan fingerprint density at radius 1 is 1.28 bits per heavy atom. The van der Waals surface area contributed by atoms with Crippen LogP contribution in [0.2, 0.25) is 0 Å². The van der Waals surface area contributed by atoms with E-state index in [0.717, 1.165) is 9.83 Å². The summed E-state index contributed by atoms with van der Waals surface area (Å²) in [5.41, 5.74) is 0.633. The van der Waals surface area contributed by atoms with E-state index in [1.807, 2.05) is 18.2 Å². The summed E-state index contributed by atoms with van der Waals surface area (Å²) in [4.78, 5) is 11.8. The maximum atomic E-state index is 11.8. The first-order valence-corrected chi connectivity index (χ1v) is 8.34. The van der Waals surface area contributed by atoms with Crippen LogP contribution in [0.5, 0.6) is 0 Å². The van der Waals surface area contributed by atoms with Gasteiger partial charge in [0.2, 0.25) is 10.0 Å². The van der Waals surface area contributed by atoms with Gasteiger partial charge in [-0.25, -0.2) is 13.1 Å². The standard InChI is InChI=1S/C11H15IN2O3S/c1-18(16,17)14-8-4-7-13-11(15)9-5-2-3-6-10(9)12/h2-3,5-6,14H,4,7-8H2,1H3,(H,13,15). The number of amides is 1. The third-order valence-electron chi connectivity index (χ3n) is 2.12. The monoisotopic (exact) mass is 382 g/mol. The summed E-state index contributed by atoms with van der Waals surface area (Å²) in [6.07, 6.45) is 1.67. The SMILES string of the molecule is CS(=O)(=O)NCCCNC(=O)c1ccccc1I. The van der Waals surface area contributed by atoms with Crippen LogP contribution >= 0.6 is 22.6 Å². The summed E-state index contributed by atoms with van der Waals surface area (Å²) in [6, 6.07) is 7.30. The molecule has 7 heteroatoms. The third kappa shape index (κ3) is 5.78. The Bertz CT molecular complexity index is 517. The van der Waals surface area contributed by atoms with Gasteiger partial charge in [0, 0.05) is 16.7 Å². The molecule has 2 N–H and O–H groups in total. The first-order chi connectivity index (χ1) is 8.40. The summed E-state index contributed by atoms with van der Waals surface area (Å²) >= 11 is 2.10. The van der Waals surface area contributed by atoms with Gasteiger partial charge in [-0.1, -0.05) is 12.1 Å². The van der Waals surface area contributed by atoms with Crippen LogP contribution in [0.3, 0.4) is 0 Å². The van der Waals surface area contributed by atoms with E-state index in [9.17, 15) is 13.2 Å². The van der Waals surface area contributed by atoms with Gasteiger partial charge in [0.05, 0.1) is 11.8 Å². The fourth-order valence-corrected chi connectivity index (χ4v) is 2.44. The molecule has 0 aromatic heterocycles. The molecule has 0 saturated heterocycles. The molecular weight excluding hydrogens is 367 g/mol. The number of halogens is 1. The average molecular weight is 382 g/mol. The Kier molecular flexibility index (Phi) is 6.03. The molecule has 0 unspecified atom stereocenters. The molecule has 100 valence electrons. The summed E-state index contributed by atoms with van der Waals surface area (Å²) in [5.74, 6) is -0.139. The third-order valence-corrected chi connectivity index (χ3v) is 3.79. The van der Waals surface area contributed by atoms with Crippen molar-refractivity contribution >= 4 is 38.5 Å². The van der Waals surface area contributed by atoms with Crippen molar-refractivity contribution in [2.75, 3.05) is 19.3 Å². The van der Waals surface area contributed by atoms with E-state index in [0.29, 0.717) is 25.1 Å². The van der Waals surface area contributed by atoms with Crippen LogP contribution in [0.25, 0.3) is 0 Å². The van der Waals surface area contributed by atoms with Crippen LogP contribution in [0.1, 0.15) is 16.8 Å². The summed E-state index contributed by atoms with van der Waals surface area (Å²) < 4.78 is 24.8. The second-order valence-electron chi connectivity index (χ2n) is 3.76. The van der Waals surface area contributed by atoms with E-state index in [1.165, 1.54) is 0 Å². The van der Waals surface area contributed by atoms with Crippen LogP contribution in [0.4, 0.5) is 0 Å². The molecule has 1 amide bonds. The lowest BCUT2D eigenvalue weighted by Gasteiger charge is -2.06. The minimum Gasteiger partial charge on any atom is -0.352 e. The maximum Gasteiger partial charge on any atom is 0.252 e. The Morgan fingerprint density at radius 2 is 1.94 bits per heavy atom. The number of benzene rings is 1. The van der Waals surface area contributed by atoms with Crippen molar-refractivity contribution in [2.24, 2.45) is 0 Å².